The van der Waals surface area contributed by atoms with E-state index in [0.717, 1.165) is 61.7 Å². The van der Waals surface area contributed by atoms with E-state index in [2.05, 4.69) is 31.9 Å². The first-order chi connectivity index (χ1) is 13.3. The Labute approximate surface area is 160 Å². The van der Waals surface area contributed by atoms with Crippen LogP contribution in [0.3, 0.4) is 0 Å². The number of hydrogen-bond acceptors (Lipinski definition) is 6. The Balaban J connectivity index is 1.43. The van der Waals surface area contributed by atoms with E-state index in [1.54, 1.807) is 6.33 Å². The number of nitrogens with zero attached hydrogens (tertiary/aromatic N) is 5. The summed E-state index contributed by atoms with van der Waals surface area (Å²) in [7, 11) is 0. The minimum absolute atomic E-state index is 0.432. The minimum atomic E-state index is 0.432. The first-order valence-corrected chi connectivity index (χ1v) is 10.2. The maximum absolute atomic E-state index is 5.45. The predicted octanol–water partition coefficient (Wildman–Crippen LogP) is 3.05. The molecular formula is C20H30N6O. The second-order valence-corrected chi connectivity index (χ2v) is 7.62. The molecule has 0 spiro atoms. The Morgan fingerprint density at radius 1 is 1.11 bits per heavy atom. The van der Waals surface area contributed by atoms with Gasteiger partial charge in [0.05, 0.1) is 18.1 Å². The smallest absolute Gasteiger partial charge is 0.163 e. The highest BCUT2D eigenvalue weighted by atomic mass is 16.5. The topological polar surface area (TPSA) is 68.1 Å². The highest BCUT2D eigenvalue weighted by Gasteiger charge is 2.19. The molecule has 0 radical (unpaired) electrons. The Kier molecular flexibility index (Phi) is 5.99. The molecule has 7 nitrogen and oxygen atoms in total. The van der Waals surface area contributed by atoms with Crippen molar-refractivity contribution in [3.05, 3.63) is 24.8 Å². The number of hydrogen-bond donors (Lipinski definition) is 1. The second-order valence-electron chi connectivity index (χ2n) is 7.62. The number of aromatic nitrogens is 4. The summed E-state index contributed by atoms with van der Waals surface area (Å²) in [5, 5.41) is 8.96. The zero-order valence-electron chi connectivity index (χ0n) is 16.1. The lowest BCUT2D eigenvalue weighted by atomic mass is 9.97. The van der Waals surface area contributed by atoms with Crippen LogP contribution in [-0.4, -0.2) is 57.5 Å². The van der Waals surface area contributed by atoms with Crippen LogP contribution in [0.4, 0.5) is 5.82 Å². The maximum atomic E-state index is 5.45. The van der Waals surface area contributed by atoms with E-state index in [1.165, 1.54) is 38.8 Å². The van der Waals surface area contributed by atoms with E-state index in [9.17, 15) is 0 Å². The van der Waals surface area contributed by atoms with Gasteiger partial charge in [-0.25, -0.2) is 14.6 Å². The molecule has 0 saturated carbocycles. The van der Waals surface area contributed by atoms with Gasteiger partial charge >= 0.3 is 0 Å². The van der Waals surface area contributed by atoms with Crippen LogP contribution in [0.15, 0.2) is 24.8 Å². The van der Waals surface area contributed by atoms with Gasteiger partial charge in [0, 0.05) is 31.4 Å². The van der Waals surface area contributed by atoms with E-state index in [4.69, 9.17) is 4.74 Å². The third kappa shape index (κ3) is 4.47. The number of likely N-dealkylation sites (tertiary alicyclic amines) is 1. The molecule has 2 saturated heterocycles. The van der Waals surface area contributed by atoms with Crippen LogP contribution in [0.5, 0.6) is 0 Å². The lowest BCUT2D eigenvalue weighted by molar-refractivity contribution is 0.0761. The lowest BCUT2D eigenvalue weighted by Gasteiger charge is -2.24. The fourth-order valence-electron chi connectivity index (χ4n) is 4.05. The molecule has 0 aliphatic carbocycles. The van der Waals surface area contributed by atoms with Crippen molar-refractivity contribution in [1.29, 1.82) is 0 Å². The van der Waals surface area contributed by atoms with Crippen molar-refractivity contribution in [2.45, 2.75) is 45.1 Å². The van der Waals surface area contributed by atoms with Gasteiger partial charge in [-0.15, -0.1) is 0 Å². The summed E-state index contributed by atoms with van der Waals surface area (Å²) in [6.45, 7) is 10.1. The van der Waals surface area contributed by atoms with Crippen molar-refractivity contribution in [1.82, 2.24) is 24.6 Å². The fourth-order valence-corrected chi connectivity index (χ4v) is 4.05. The molecule has 2 aromatic heterocycles. The van der Waals surface area contributed by atoms with Crippen LogP contribution >= 0.6 is 0 Å². The molecule has 2 aliphatic rings. The molecule has 0 unspecified atom stereocenters. The SMILES string of the molecule is C=C(Nc1ncnc2c1cnn2CCN1CCCCCC1)C1CCOCC1. The van der Waals surface area contributed by atoms with Crippen molar-refractivity contribution in [2.24, 2.45) is 5.92 Å². The molecule has 2 aliphatic heterocycles. The molecule has 4 heterocycles. The van der Waals surface area contributed by atoms with Crippen LogP contribution in [0.2, 0.25) is 0 Å². The van der Waals surface area contributed by atoms with Gasteiger partial charge in [-0.05, 0) is 38.8 Å². The van der Waals surface area contributed by atoms with Gasteiger partial charge in [0.15, 0.2) is 5.65 Å². The van der Waals surface area contributed by atoms with Gasteiger partial charge in [-0.3, -0.25) is 0 Å². The Morgan fingerprint density at radius 2 is 1.89 bits per heavy atom. The highest BCUT2D eigenvalue weighted by molar-refractivity contribution is 5.86. The van der Waals surface area contributed by atoms with Gasteiger partial charge in [0.25, 0.3) is 0 Å². The summed E-state index contributed by atoms with van der Waals surface area (Å²) in [5.74, 6) is 1.24. The zero-order valence-corrected chi connectivity index (χ0v) is 16.1. The monoisotopic (exact) mass is 370 g/mol. The first-order valence-electron chi connectivity index (χ1n) is 10.2. The molecule has 1 N–H and O–H groups in total. The molecule has 146 valence electrons. The minimum Gasteiger partial charge on any atom is -0.381 e. The molecule has 0 atom stereocenters. The van der Waals surface area contributed by atoms with Crippen molar-refractivity contribution < 1.29 is 4.74 Å². The molecule has 0 bridgehead atoms. The lowest BCUT2D eigenvalue weighted by Crippen LogP contribution is -2.28. The number of allylic oxidation sites excluding steroid dienone is 1. The fraction of sp³-hybridized carbons (Fsp3) is 0.650. The number of anilines is 1. The van der Waals surface area contributed by atoms with Crippen LogP contribution in [-0.2, 0) is 11.3 Å². The van der Waals surface area contributed by atoms with E-state index >= 15 is 0 Å². The van der Waals surface area contributed by atoms with Crippen molar-refractivity contribution in [3.63, 3.8) is 0 Å². The standard InChI is InChI=1S/C20H30N6O/c1-16(17-6-12-27-13-7-17)24-19-18-14-23-26(20(18)22-15-21-19)11-10-25-8-4-2-3-5-9-25/h14-15,17H,1-13H2,(H,21,22,24). The largest absolute Gasteiger partial charge is 0.381 e. The number of ether oxygens (including phenoxy) is 1. The van der Waals surface area contributed by atoms with Crippen molar-refractivity contribution in [3.8, 4) is 0 Å². The highest BCUT2D eigenvalue weighted by Crippen LogP contribution is 2.26. The van der Waals surface area contributed by atoms with Crippen LogP contribution in [0, 0.1) is 5.92 Å². The summed E-state index contributed by atoms with van der Waals surface area (Å²) in [5.41, 5.74) is 1.90. The molecule has 2 fully saturated rings. The molecule has 27 heavy (non-hydrogen) atoms. The van der Waals surface area contributed by atoms with Crippen LogP contribution < -0.4 is 5.32 Å². The van der Waals surface area contributed by atoms with Gasteiger partial charge in [0.1, 0.15) is 12.1 Å². The average Bonchev–Trinajstić information content (AvgIpc) is 2.94. The summed E-state index contributed by atoms with van der Waals surface area (Å²) >= 11 is 0. The predicted molar refractivity (Wildman–Crippen MR) is 107 cm³/mol. The number of fused-ring (bicyclic) bond motifs is 1. The quantitative estimate of drug-likeness (QED) is 0.843. The average molecular weight is 371 g/mol. The molecular weight excluding hydrogens is 340 g/mol. The second kappa shape index (κ2) is 8.80. The molecule has 0 aromatic carbocycles. The Bertz CT molecular complexity index is 759. The third-order valence-corrected chi connectivity index (χ3v) is 5.75. The molecule has 7 heteroatoms. The van der Waals surface area contributed by atoms with Crippen LogP contribution in [0.1, 0.15) is 38.5 Å². The Morgan fingerprint density at radius 3 is 2.67 bits per heavy atom. The summed E-state index contributed by atoms with van der Waals surface area (Å²) < 4.78 is 7.45. The normalized spacial score (nSPS) is 19.9. The number of nitrogens with one attached hydrogen (secondary N) is 1. The number of rotatable bonds is 6. The van der Waals surface area contributed by atoms with Gasteiger partial charge in [-0.1, -0.05) is 19.4 Å². The van der Waals surface area contributed by atoms with E-state index in [0.29, 0.717) is 5.92 Å². The summed E-state index contributed by atoms with van der Waals surface area (Å²) in [6.07, 6.45) is 10.9. The van der Waals surface area contributed by atoms with Gasteiger partial charge < -0.3 is 15.0 Å². The summed E-state index contributed by atoms with van der Waals surface area (Å²) in [4.78, 5) is 11.5. The molecule has 0 amide bonds. The summed E-state index contributed by atoms with van der Waals surface area (Å²) in [6, 6.07) is 0. The third-order valence-electron chi connectivity index (χ3n) is 5.75. The maximum Gasteiger partial charge on any atom is 0.163 e. The van der Waals surface area contributed by atoms with E-state index in [1.807, 2.05) is 10.9 Å². The van der Waals surface area contributed by atoms with Crippen molar-refractivity contribution in [2.75, 3.05) is 38.2 Å². The Hall–Kier alpha value is -1.99. The van der Waals surface area contributed by atoms with Gasteiger partial charge in [0.2, 0.25) is 0 Å². The van der Waals surface area contributed by atoms with E-state index in [-0.39, 0.29) is 0 Å². The molecule has 2 aromatic rings. The first kappa shape index (κ1) is 18.4. The molecule has 4 rings (SSSR count). The van der Waals surface area contributed by atoms with Crippen molar-refractivity contribution >= 4 is 16.9 Å². The zero-order chi connectivity index (χ0) is 18.5. The van der Waals surface area contributed by atoms with E-state index < -0.39 is 0 Å². The van der Waals surface area contributed by atoms with Gasteiger partial charge in [-0.2, -0.15) is 5.10 Å². The van der Waals surface area contributed by atoms with Crippen LogP contribution in [0.25, 0.3) is 11.0 Å².